The number of morpholine rings is 1. The van der Waals surface area contributed by atoms with Crippen molar-refractivity contribution < 1.29 is 14.3 Å². The van der Waals surface area contributed by atoms with E-state index in [1.54, 1.807) is 30.3 Å². The minimum atomic E-state index is -0.580. The zero-order valence-corrected chi connectivity index (χ0v) is 14.4. The van der Waals surface area contributed by atoms with Crippen LogP contribution in [-0.4, -0.2) is 38.1 Å². The summed E-state index contributed by atoms with van der Waals surface area (Å²) in [4.78, 5) is 25.8. The summed E-state index contributed by atoms with van der Waals surface area (Å²) in [6, 6.07) is 14.6. The largest absolute Gasteiger partial charge is 0.378 e. The summed E-state index contributed by atoms with van der Waals surface area (Å²) < 4.78 is 5.36. The van der Waals surface area contributed by atoms with Gasteiger partial charge in [-0.25, -0.2) is 0 Å². The molecule has 6 nitrogen and oxygen atoms in total. The van der Waals surface area contributed by atoms with E-state index < -0.39 is 5.91 Å². The molecule has 3 N–H and O–H groups in total. The number of ether oxygens (including phenoxy) is 1. The van der Waals surface area contributed by atoms with E-state index in [1.807, 2.05) is 24.3 Å². The number of hydrogen-bond acceptors (Lipinski definition) is 4. The van der Waals surface area contributed by atoms with Gasteiger partial charge in [-0.05, 0) is 35.9 Å². The molecule has 1 aliphatic heterocycles. The first kappa shape index (κ1) is 17.7. The predicted octanol–water partition coefficient (Wildman–Crippen LogP) is 2.27. The minimum Gasteiger partial charge on any atom is -0.378 e. The Hall–Kier alpha value is -3.12. The van der Waals surface area contributed by atoms with Crippen LogP contribution in [0, 0.1) is 0 Å². The van der Waals surface area contributed by atoms with Crippen molar-refractivity contribution in [1.82, 2.24) is 0 Å². The Labute approximate surface area is 152 Å². The molecular weight excluding hydrogens is 330 g/mol. The van der Waals surface area contributed by atoms with Crippen LogP contribution in [0.2, 0.25) is 0 Å². The zero-order valence-electron chi connectivity index (χ0n) is 14.4. The zero-order chi connectivity index (χ0) is 18.4. The lowest BCUT2D eigenvalue weighted by molar-refractivity contribution is -0.111. The molecule has 0 aromatic heterocycles. The molecule has 0 unspecified atom stereocenters. The molecule has 2 amide bonds. The summed E-state index contributed by atoms with van der Waals surface area (Å²) >= 11 is 0. The second-order valence-corrected chi connectivity index (χ2v) is 5.92. The molecule has 0 saturated carbocycles. The molecule has 0 radical (unpaired) electrons. The number of carbonyl (C=O) groups is 2. The van der Waals surface area contributed by atoms with Crippen molar-refractivity contribution in [2.75, 3.05) is 36.5 Å². The maximum absolute atomic E-state index is 12.1. The molecule has 134 valence electrons. The molecule has 3 rings (SSSR count). The molecule has 0 spiro atoms. The van der Waals surface area contributed by atoms with Crippen LogP contribution in [0.5, 0.6) is 0 Å². The van der Waals surface area contributed by atoms with E-state index in [0.717, 1.165) is 37.6 Å². The Morgan fingerprint density at radius 3 is 2.42 bits per heavy atom. The first-order valence-corrected chi connectivity index (χ1v) is 8.44. The third-order valence-corrected chi connectivity index (χ3v) is 4.15. The van der Waals surface area contributed by atoms with Gasteiger partial charge in [-0.2, -0.15) is 0 Å². The summed E-state index contributed by atoms with van der Waals surface area (Å²) in [5.41, 5.74) is 8.05. The highest BCUT2D eigenvalue weighted by molar-refractivity contribution is 6.07. The first-order valence-electron chi connectivity index (χ1n) is 8.44. The number of carbonyl (C=O) groups excluding carboxylic acids is 2. The van der Waals surface area contributed by atoms with Crippen LogP contribution in [0.25, 0.3) is 6.08 Å². The van der Waals surface area contributed by atoms with Crippen molar-refractivity contribution in [3.63, 3.8) is 0 Å². The van der Waals surface area contributed by atoms with Crippen LogP contribution in [0.4, 0.5) is 11.4 Å². The molecule has 2 aromatic carbocycles. The average molecular weight is 351 g/mol. The number of rotatable bonds is 5. The van der Waals surface area contributed by atoms with Gasteiger partial charge in [0.25, 0.3) is 5.91 Å². The lowest BCUT2D eigenvalue weighted by Gasteiger charge is -2.28. The third-order valence-electron chi connectivity index (χ3n) is 4.15. The SMILES string of the molecule is NC(=O)c1ccccc1NC(=O)C=Cc1ccc(N2CCOCC2)cc1. The lowest BCUT2D eigenvalue weighted by atomic mass is 10.1. The van der Waals surface area contributed by atoms with Gasteiger partial charge in [0.1, 0.15) is 0 Å². The Bertz CT molecular complexity index is 809. The molecule has 1 saturated heterocycles. The Morgan fingerprint density at radius 1 is 1.04 bits per heavy atom. The highest BCUT2D eigenvalue weighted by Gasteiger charge is 2.11. The van der Waals surface area contributed by atoms with Crippen molar-refractivity contribution in [2.24, 2.45) is 5.73 Å². The molecule has 0 bridgehead atoms. The maximum atomic E-state index is 12.1. The normalized spacial score (nSPS) is 14.4. The maximum Gasteiger partial charge on any atom is 0.250 e. The van der Waals surface area contributed by atoms with Crippen LogP contribution < -0.4 is 16.0 Å². The van der Waals surface area contributed by atoms with E-state index in [0.29, 0.717) is 5.69 Å². The van der Waals surface area contributed by atoms with E-state index in [2.05, 4.69) is 10.2 Å². The topological polar surface area (TPSA) is 84.7 Å². The van der Waals surface area contributed by atoms with Gasteiger partial charge in [-0.3, -0.25) is 9.59 Å². The summed E-state index contributed by atoms with van der Waals surface area (Å²) in [6.45, 7) is 3.26. The number of amides is 2. The van der Waals surface area contributed by atoms with Crippen molar-refractivity contribution in [3.8, 4) is 0 Å². The van der Waals surface area contributed by atoms with Gasteiger partial charge in [0, 0.05) is 24.9 Å². The van der Waals surface area contributed by atoms with Gasteiger partial charge in [0.2, 0.25) is 5.91 Å². The van der Waals surface area contributed by atoms with Crippen LogP contribution in [0.1, 0.15) is 15.9 Å². The first-order chi connectivity index (χ1) is 12.6. The number of hydrogen-bond donors (Lipinski definition) is 2. The number of primary amides is 1. The van der Waals surface area contributed by atoms with Gasteiger partial charge in [0.05, 0.1) is 24.5 Å². The third kappa shape index (κ3) is 4.49. The second kappa shape index (κ2) is 8.31. The summed E-state index contributed by atoms with van der Waals surface area (Å²) in [7, 11) is 0. The fourth-order valence-corrected chi connectivity index (χ4v) is 2.77. The fraction of sp³-hybridized carbons (Fsp3) is 0.200. The number of nitrogens with one attached hydrogen (secondary N) is 1. The number of nitrogens with two attached hydrogens (primary N) is 1. The molecule has 26 heavy (non-hydrogen) atoms. The summed E-state index contributed by atoms with van der Waals surface area (Å²) in [6.07, 6.45) is 3.16. The van der Waals surface area contributed by atoms with Crippen LogP contribution >= 0.6 is 0 Å². The lowest BCUT2D eigenvalue weighted by Crippen LogP contribution is -2.36. The van der Waals surface area contributed by atoms with E-state index in [4.69, 9.17) is 10.5 Å². The van der Waals surface area contributed by atoms with Gasteiger partial charge < -0.3 is 20.7 Å². The molecule has 0 atom stereocenters. The van der Waals surface area contributed by atoms with E-state index in [9.17, 15) is 9.59 Å². The highest BCUT2D eigenvalue weighted by Crippen LogP contribution is 2.18. The molecule has 6 heteroatoms. The minimum absolute atomic E-state index is 0.282. The van der Waals surface area contributed by atoms with Crippen molar-refractivity contribution >= 4 is 29.3 Å². The molecule has 0 aliphatic carbocycles. The monoisotopic (exact) mass is 351 g/mol. The Kier molecular flexibility index (Phi) is 5.66. The second-order valence-electron chi connectivity index (χ2n) is 5.92. The quantitative estimate of drug-likeness (QED) is 0.810. The standard InChI is InChI=1S/C20H21N3O3/c21-20(25)17-3-1-2-4-18(17)22-19(24)10-7-15-5-8-16(9-6-15)23-11-13-26-14-12-23/h1-10H,11-14H2,(H2,21,25)(H,22,24). The molecule has 1 heterocycles. The molecular formula is C20H21N3O3. The number of anilines is 2. The Balaban J connectivity index is 1.62. The number of nitrogens with zero attached hydrogens (tertiary/aromatic N) is 1. The predicted molar refractivity (Wildman–Crippen MR) is 102 cm³/mol. The summed E-state index contributed by atoms with van der Waals surface area (Å²) in [5.74, 6) is -0.903. The van der Waals surface area contributed by atoms with Crippen LogP contribution in [0.15, 0.2) is 54.6 Å². The molecule has 1 aliphatic rings. The van der Waals surface area contributed by atoms with Crippen LogP contribution in [0.3, 0.4) is 0 Å². The number of para-hydroxylation sites is 1. The van der Waals surface area contributed by atoms with E-state index in [-0.39, 0.29) is 11.5 Å². The average Bonchev–Trinajstić information content (AvgIpc) is 2.68. The highest BCUT2D eigenvalue weighted by atomic mass is 16.5. The van der Waals surface area contributed by atoms with Gasteiger partial charge in [-0.1, -0.05) is 24.3 Å². The van der Waals surface area contributed by atoms with Crippen molar-refractivity contribution in [2.45, 2.75) is 0 Å². The summed E-state index contributed by atoms with van der Waals surface area (Å²) in [5, 5.41) is 2.68. The molecule has 1 fully saturated rings. The van der Waals surface area contributed by atoms with E-state index >= 15 is 0 Å². The van der Waals surface area contributed by atoms with Crippen molar-refractivity contribution in [1.29, 1.82) is 0 Å². The van der Waals surface area contributed by atoms with Gasteiger partial charge >= 0.3 is 0 Å². The van der Waals surface area contributed by atoms with Gasteiger partial charge in [0.15, 0.2) is 0 Å². The van der Waals surface area contributed by atoms with Crippen LogP contribution in [-0.2, 0) is 9.53 Å². The van der Waals surface area contributed by atoms with Crippen molar-refractivity contribution in [3.05, 3.63) is 65.7 Å². The smallest absolute Gasteiger partial charge is 0.250 e. The molecule has 2 aromatic rings. The van der Waals surface area contributed by atoms with Gasteiger partial charge in [-0.15, -0.1) is 0 Å². The van der Waals surface area contributed by atoms with E-state index in [1.165, 1.54) is 6.08 Å². The fourth-order valence-electron chi connectivity index (χ4n) is 2.77. The Morgan fingerprint density at radius 2 is 1.73 bits per heavy atom. The number of benzene rings is 2.